The zero-order valence-corrected chi connectivity index (χ0v) is 12.4. The van der Waals surface area contributed by atoms with Gasteiger partial charge in [0.05, 0.1) is 0 Å². The molecular formula is C16H19N2O4-. The molecule has 2 rings (SSSR count). The van der Waals surface area contributed by atoms with Crippen LogP contribution in [0.3, 0.4) is 0 Å². The third-order valence-corrected chi connectivity index (χ3v) is 3.88. The van der Waals surface area contributed by atoms with Crippen LogP contribution in [0.1, 0.15) is 32.6 Å². The second-order valence-electron chi connectivity index (χ2n) is 5.56. The predicted molar refractivity (Wildman–Crippen MR) is 79.8 cm³/mol. The zero-order chi connectivity index (χ0) is 16.1. The summed E-state index contributed by atoms with van der Waals surface area (Å²) in [6, 6.07) is 6.68. The molecule has 0 spiro atoms. The minimum atomic E-state index is -1.15. The van der Waals surface area contributed by atoms with E-state index in [1.165, 1.54) is 6.92 Å². The molecule has 2 amide bonds. The third-order valence-electron chi connectivity index (χ3n) is 3.88. The van der Waals surface area contributed by atoms with Gasteiger partial charge in [0.25, 0.3) is 0 Å². The SMILES string of the molecule is CC(=O)Nc1ccc(NC(=O)C2CCCCC2C(=O)[O-])cc1. The quantitative estimate of drug-likeness (QED) is 0.871. The summed E-state index contributed by atoms with van der Waals surface area (Å²) < 4.78 is 0. The Morgan fingerprint density at radius 1 is 0.955 bits per heavy atom. The van der Waals surface area contributed by atoms with Crippen molar-refractivity contribution in [3.8, 4) is 0 Å². The van der Waals surface area contributed by atoms with Crippen LogP contribution in [0.5, 0.6) is 0 Å². The van der Waals surface area contributed by atoms with E-state index < -0.39 is 17.8 Å². The van der Waals surface area contributed by atoms with E-state index in [9.17, 15) is 19.5 Å². The van der Waals surface area contributed by atoms with Crippen LogP contribution in [0, 0.1) is 11.8 Å². The Morgan fingerprint density at radius 2 is 1.45 bits per heavy atom. The van der Waals surface area contributed by atoms with E-state index in [0.717, 1.165) is 12.8 Å². The molecule has 1 fully saturated rings. The van der Waals surface area contributed by atoms with Crippen molar-refractivity contribution >= 4 is 29.2 Å². The summed E-state index contributed by atoms with van der Waals surface area (Å²) in [5.74, 6) is -2.88. The second kappa shape index (κ2) is 7.06. The van der Waals surface area contributed by atoms with Crippen molar-refractivity contribution in [2.45, 2.75) is 32.6 Å². The van der Waals surface area contributed by atoms with E-state index in [0.29, 0.717) is 24.2 Å². The molecule has 0 saturated heterocycles. The summed E-state index contributed by atoms with van der Waals surface area (Å²) >= 11 is 0. The molecule has 6 heteroatoms. The van der Waals surface area contributed by atoms with Crippen molar-refractivity contribution < 1.29 is 19.5 Å². The smallest absolute Gasteiger partial charge is 0.228 e. The summed E-state index contributed by atoms with van der Waals surface area (Å²) in [5, 5.41) is 16.5. The molecule has 0 radical (unpaired) electrons. The Labute approximate surface area is 128 Å². The summed E-state index contributed by atoms with van der Waals surface area (Å²) in [6.07, 6.45) is 2.72. The Hall–Kier alpha value is -2.37. The van der Waals surface area contributed by atoms with Gasteiger partial charge in [0.1, 0.15) is 0 Å². The summed E-state index contributed by atoms with van der Waals surface area (Å²) in [5.41, 5.74) is 1.21. The molecule has 1 aliphatic carbocycles. The Balaban J connectivity index is 2.01. The monoisotopic (exact) mass is 303 g/mol. The number of benzene rings is 1. The molecule has 1 aromatic rings. The third kappa shape index (κ3) is 4.07. The van der Waals surface area contributed by atoms with Crippen LogP contribution in [-0.4, -0.2) is 17.8 Å². The van der Waals surface area contributed by atoms with Crippen molar-refractivity contribution in [2.75, 3.05) is 10.6 Å². The van der Waals surface area contributed by atoms with Crippen LogP contribution in [0.4, 0.5) is 11.4 Å². The molecule has 1 saturated carbocycles. The number of amides is 2. The number of carbonyl (C=O) groups excluding carboxylic acids is 3. The average Bonchev–Trinajstić information content (AvgIpc) is 2.48. The van der Waals surface area contributed by atoms with E-state index in [-0.39, 0.29) is 11.8 Å². The normalized spacial score (nSPS) is 21.0. The lowest BCUT2D eigenvalue weighted by Crippen LogP contribution is -2.42. The van der Waals surface area contributed by atoms with Crippen molar-refractivity contribution in [2.24, 2.45) is 11.8 Å². The maximum Gasteiger partial charge on any atom is 0.228 e. The topological polar surface area (TPSA) is 98.3 Å². The molecule has 0 aromatic heterocycles. The number of nitrogens with one attached hydrogen (secondary N) is 2. The van der Waals surface area contributed by atoms with Gasteiger partial charge >= 0.3 is 0 Å². The highest BCUT2D eigenvalue weighted by molar-refractivity contribution is 5.95. The number of carboxylic acids is 1. The van der Waals surface area contributed by atoms with Crippen LogP contribution in [0.15, 0.2) is 24.3 Å². The van der Waals surface area contributed by atoms with Crippen molar-refractivity contribution in [3.05, 3.63) is 24.3 Å². The van der Waals surface area contributed by atoms with Gasteiger partial charge in [-0.2, -0.15) is 0 Å². The fourth-order valence-electron chi connectivity index (χ4n) is 2.80. The number of carboxylic acid groups (broad SMARTS) is 1. The molecule has 0 aliphatic heterocycles. The van der Waals surface area contributed by atoms with E-state index in [4.69, 9.17) is 0 Å². The molecule has 1 aromatic carbocycles. The van der Waals surface area contributed by atoms with Crippen LogP contribution < -0.4 is 15.7 Å². The lowest BCUT2D eigenvalue weighted by Gasteiger charge is -2.31. The van der Waals surface area contributed by atoms with Gasteiger partial charge in [0.2, 0.25) is 11.8 Å². The highest BCUT2D eigenvalue weighted by Gasteiger charge is 2.31. The van der Waals surface area contributed by atoms with Crippen LogP contribution in [0.2, 0.25) is 0 Å². The number of anilines is 2. The van der Waals surface area contributed by atoms with Crippen molar-refractivity contribution in [3.63, 3.8) is 0 Å². The van der Waals surface area contributed by atoms with Crippen LogP contribution >= 0.6 is 0 Å². The standard InChI is InChI=1S/C16H20N2O4/c1-10(19)17-11-6-8-12(9-7-11)18-15(20)13-4-2-3-5-14(13)16(21)22/h6-9,13-14H,2-5H2,1H3,(H,17,19)(H,18,20)(H,21,22)/p-1. The first kappa shape index (κ1) is 16.0. The molecule has 0 bridgehead atoms. The molecule has 2 atom stereocenters. The summed E-state index contributed by atoms with van der Waals surface area (Å²) in [6.45, 7) is 1.42. The van der Waals surface area contributed by atoms with Gasteiger partial charge in [-0.05, 0) is 37.1 Å². The Bertz CT molecular complexity index is 568. The number of rotatable bonds is 4. The first-order chi connectivity index (χ1) is 10.5. The van der Waals surface area contributed by atoms with Crippen molar-refractivity contribution in [1.82, 2.24) is 0 Å². The minimum absolute atomic E-state index is 0.171. The Kier molecular flexibility index (Phi) is 5.14. The molecule has 118 valence electrons. The predicted octanol–water partition coefficient (Wildman–Crippen LogP) is 1.14. The van der Waals surface area contributed by atoms with Gasteiger partial charge in [-0.1, -0.05) is 12.8 Å². The van der Waals surface area contributed by atoms with E-state index in [1.807, 2.05) is 0 Å². The highest BCUT2D eigenvalue weighted by atomic mass is 16.4. The second-order valence-corrected chi connectivity index (χ2v) is 5.56. The van der Waals surface area contributed by atoms with Gasteiger partial charge in [-0.3, -0.25) is 9.59 Å². The molecule has 6 nitrogen and oxygen atoms in total. The van der Waals surface area contributed by atoms with Crippen LogP contribution in [0.25, 0.3) is 0 Å². The first-order valence-electron chi connectivity index (χ1n) is 7.37. The van der Waals surface area contributed by atoms with Gasteiger partial charge in [-0.25, -0.2) is 0 Å². The maximum absolute atomic E-state index is 12.3. The lowest BCUT2D eigenvalue weighted by atomic mass is 9.78. The molecule has 22 heavy (non-hydrogen) atoms. The number of hydrogen-bond acceptors (Lipinski definition) is 4. The number of carbonyl (C=O) groups is 3. The molecule has 2 unspecified atom stereocenters. The highest BCUT2D eigenvalue weighted by Crippen LogP contribution is 2.30. The number of aliphatic carboxylic acids is 1. The van der Waals surface area contributed by atoms with E-state index in [2.05, 4.69) is 10.6 Å². The first-order valence-corrected chi connectivity index (χ1v) is 7.37. The van der Waals surface area contributed by atoms with E-state index >= 15 is 0 Å². The number of hydrogen-bond donors (Lipinski definition) is 2. The summed E-state index contributed by atoms with van der Waals surface area (Å²) in [4.78, 5) is 34.4. The molecule has 2 N–H and O–H groups in total. The minimum Gasteiger partial charge on any atom is -0.550 e. The largest absolute Gasteiger partial charge is 0.550 e. The van der Waals surface area contributed by atoms with Crippen LogP contribution in [-0.2, 0) is 14.4 Å². The summed E-state index contributed by atoms with van der Waals surface area (Å²) in [7, 11) is 0. The fourth-order valence-corrected chi connectivity index (χ4v) is 2.80. The van der Waals surface area contributed by atoms with Gasteiger partial charge in [0.15, 0.2) is 0 Å². The van der Waals surface area contributed by atoms with Gasteiger partial charge in [0, 0.05) is 36.1 Å². The van der Waals surface area contributed by atoms with Gasteiger partial charge in [-0.15, -0.1) is 0 Å². The average molecular weight is 303 g/mol. The van der Waals surface area contributed by atoms with Gasteiger partial charge < -0.3 is 20.5 Å². The maximum atomic E-state index is 12.3. The fraction of sp³-hybridized carbons (Fsp3) is 0.438. The van der Waals surface area contributed by atoms with Crippen molar-refractivity contribution in [1.29, 1.82) is 0 Å². The zero-order valence-electron chi connectivity index (χ0n) is 12.4. The molecule has 1 aliphatic rings. The Morgan fingerprint density at radius 3 is 1.95 bits per heavy atom. The molecular weight excluding hydrogens is 284 g/mol. The lowest BCUT2D eigenvalue weighted by molar-refractivity contribution is -0.313. The van der Waals surface area contributed by atoms with E-state index in [1.54, 1.807) is 24.3 Å². The molecule has 0 heterocycles.